The van der Waals surface area contributed by atoms with Crippen LogP contribution in [0.4, 0.5) is 0 Å². The quantitative estimate of drug-likeness (QED) is 0.328. The van der Waals surface area contributed by atoms with Crippen molar-refractivity contribution in [2.24, 2.45) is 5.92 Å². The van der Waals surface area contributed by atoms with Crippen molar-refractivity contribution in [3.8, 4) is 0 Å². The molecule has 1 saturated heterocycles. The van der Waals surface area contributed by atoms with Crippen LogP contribution in [0.2, 0.25) is 0 Å². The maximum Gasteiger partial charge on any atom is 0.311 e. The second-order valence-electron chi connectivity index (χ2n) is 9.28. The van der Waals surface area contributed by atoms with Crippen molar-refractivity contribution in [3.05, 3.63) is 12.2 Å². The first-order valence-corrected chi connectivity index (χ1v) is 11.7. The molecule has 0 aromatic heterocycles. The van der Waals surface area contributed by atoms with Crippen molar-refractivity contribution >= 4 is 11.9 Å². The van der Waals surface area contributed by atoms with Crippen molar-refractivity contribution in [1.82, 2.24) is 0 Å². The van der Waals surface area contributed by atoms with Gasteiger partial charge in [0.2, 0.25) is 0 Å². The average Bonchev–Trinajstić information content (AvgIpc) is 2.97. The summed E-state index contributed by atoms with van der Waals surface area (Å²) in [4.78, 5) is 24.9. The lowest BCUT2D eigenvalue weighted by atomic mass is 9.99. The molecule has 2 aliphatic rings. The van der Waals surface area contributed by atoms with Gasteiger partial charge in [-0.15, -0.1) is 0 Å². The highest BCUT2D eigenvalue weighted by Gasteiger charge is 2.42. The Labute approximate surface area is 186 Å². The van der Waals surface area contributed by atoms with Gasteiger partial charge in [0.05, 0.1) is 24.5 Å². The first kappa shape index (κ1) is 25.8. The lowest BCUT2D eigenvalue weighted by Gasteiger charge is -2.25. The third kappa shape index (κ3) is 8.54. The van der Waals surface area contributed by atoms with Gasteiger partial charge in [0.15, 0.2) is 5.79 Å². The van der Waals surface area contributed by atoms with Gasteiger partial charge in [-0.3, -0.25) is 9.59 Å². The predicted molar refractivity (Wildman–Crippen MR) is 116 cm³/mol. The average molecular weight is 441 g/mol. The number of aliphatic hydroxyl groups is 1. The minimum atomic E-state index is -0.836. The van der Waals surface area contributed by atoms with Crippen LogP contribution in [0.5, 0.6) is 0 Å². The van der Waals surface area contributed by atoms with E-state index < -0.39 is 35.9 Å². The van der Waals surface area contributed by atoms with Gasteiger partial charge in [-0.25, -0.2) is 0 Å². The van der Waals surface area contributed by atoms with Crippen molar-refractivity contribution in [1.29, 1.82) is 0 Å². The molecule has 1 fully saturated rings. The number of carbonyl (C=O) groups excluding carboxylic acids is 2. The Hall–Kier alpha value is -1.44. The molecule has 0 saturated carbocycles. The number of cyclic esters (lactones) is 1. The zero-order valence-electron chi connectivity index (χ0n) is 19.7. The Morgan fingerprint density at radius 3 is 2.58 bits per heavy atom. The number of carbonyl (C=O) groups is 2. The zero-order valence-corrected chi connectivity index (χ0v) is 19.7. The molecular weight excluding hydrogens is 400 g/mol. The molecule has 0 aliphatic carbocycles. The summed E-state index contributed by atoms with van der Waals surface area (Å²) < 4.78 is 23.4. The van der Waals surface area contributed by atoms with E-state index in [9.17, 15) is 14.7 Å². The Morgan fingerprint density at radius 1 is 1.19 bits per heavy atom. The third-order valence-electron chi connectivity index (χ3n) is 5.89. The molecule has 0 aromatic rings. The highest BCUT2D eigenvalue weighted by Crippen LogP contribution is 2.33. The van der Waals surface area contributed by atoms with Gasteiger partial charge in [0, 0.05) is 6.42 Å². The minimum absolute atomic E-state index is 0.0667. The molecule has 2 heterocycles. The summed E-state index contributed by atoms with van der Waals surface area (Å²) >= 11 is 0. The van der Waals surface area contributed by atoms with Crippen molar-refractivity contribution in [2.75, 3.05) is 0 Å². The fraction of sp³-hybridized carbons (Fsp3) is 0.833. The molecular formula is C24H40O7. The Kier molecular flexibility index (Phi) is 9.97. The Morgan fingerprint density at radius 2 is 1.90 bits per heavy atom. The summed E-state index contributed by atoms with van der Waals surface area (Å²) in [6.45, 7) is 9.03. The number of aliphatic hydroxyl groups excluding tert-OH is 1. The molecule has 2 rings (SSSR count). The lowest BCUT2D eigenvalue weighted by molar-refractivity contribution is -0.161. The van der Waals surface area contributed by atoms with Gasteiger partial charge in [0.25, 0.3) is 0 Å². The molecule has 1 N–H and O–H groups in total. The van der Waals surface area contributed by atoms with Crippen molar-refractivity contribution < 1.29 is 33.6 Å². The van der Waals surface area contributed by atoms with E-state index in [1.807, 2.05) is 19.9 Å². The van der Waals surface area contributed by atoms with Gasteiger partial charge < -0.3 is 24.1 Å². The molecule has 7 heteroatoms. The Balaban J connectivity index is 2.10. The topological polar surface area (TPSA) is 91.3 Å². The maximum absolute atomic E-state index is 12.6. The highest BCUT2D eigenvalue weighted by atomic mass is 16.8. The summed E-state index contributed by atoms with van der Waals surface area (Å²) in [7, 11) is 0. The number of hydrogen-bond donors (Lipinski definition) is 1. The number of rotatable bonds is 9. The van der Waals surface area contributed by atoms with E-state index in [2.05, 4.69) is 6.92 Å². The molecule has 6 atom stereocenters. The van der Waals surface area contributed by atoms with Crippen LogP contribution in [0, 0.1) is 5.92 Å². The number of esters is 2. The molecule has 0 spiro atoms. The molecule has 0 aromatic carbocycles. The smallest absolute Gasteiger partial charge is 0.311 e. The molecule has 0 bridgehead atoms. The zero-order chi connectivity index (χ0) is 23.0. The van der Waals surface area contributed by atoms with Crippen LogP contribution in [-0.2, 0) is 28.5 Å². The number of hydrogen-bond acceptors (Lipinski definition) is 7. The van der Waals surface area contributed by atoms with Gasteiger partial charge in [-0.1, -0.05) is 38.7 Å². The summed E-state index contributed by atoms with van der Waals surface area (Å²) in [5, 5.41) is 9.66. The first-order valence-electron chi connectivity index (χ1n) is 11.7. The highest BCUT2D eigenvalue weighted by molar-refractivity contribution is 5.75. The molecule has 0 unspecified atom stereocenters. The summed E-state index contributed by atoms with van der Waals surface area (Å²) in [5.41, 5.74) is 0. The standard InChI is InChI=1S/C24H40O7/c1-6-7-8-9-10-11-18-14-21-20(30-24(4,5)31-21)13-12-19(15-22(26)28-18)29-23(27)16(2)17(3)25/h12-13,16-21,25H,6-11,14-15H2,1-5H3/b13-12+/t16-,17-,18+,19+,20+,21-/m0/s1. The predicted octanol–water partition coefficient (Wildman–Crippen LogP) is 4.06. The van der Waals surface area contributed by atoms with Gasteiger partial charge in [0.1, 0.15) is 18.3 Å². The van der Waals surface area contributed by atoms with Gasteiger partial charge in [-0.05, 0) is 46.6 Å². The molecule has 31 heavy (non-hydrogen) atoms. The van der Waals surface area contributed by atoms with Gasteiger partial charge in [-0.2, -0.15) is 0 Å². The number of ether oxygens (including phenoxy) is 4. The molecule has 178 valence electrons. The molecule has 2 aliphatic heterocycles. The molecule has 7 nitrogen and oxygen atoms in total. The van der Waals surface area contributed by atoms with Crippen molar-refractivity contribution in [3.63, 3.8) is 0 Å². The van der Waals surface area contributed by atoms with Crippen LogP contribution < -0.4 is 0 Å². The normalized spacial score (nSPS) is 31.2. The number of fused-ring (bicyclic) bond motifs is 1. The van der Waals surface area contributed by atoms with E-state index in [-0.39, 0.29) is 24.7 Å². The maximum atomic E-state index is 12.6. The van der Waals surface area contributed by atoms with Crippen LogP contribution >= 0.6 is 0 Å². The summed E-state index contributed by atoms with van der Waals surface area (Å²) in [6.07, 6.45) is 7.99. The van der Waals surface area contributed by atoms with E-state index in [1.165, 1.54) is 26.2 Å². The number of unbranched alkanes of at least 4 members (excludes halogenated alkanes) is 4. The van der Waals surface area contributed by atoms with Crippen LogP contribution in [0.1, 0.15) is 86.0 Å². The van der Waals surface area contributed by atoms with Crippen LogP contribution in [-0.4, -0.2) is 53.4 Å². The third-order valence-corrected chi connectivity index (χ3v) is 5.89. The van der Waals surface area contributed by atoms with Gasteiger partial charge >= 0.3 is 11.9 Å². The van der Waals surface area contributed by atoms with Crippen LogP contribution in [0.25, 0.3) is 0 Å². The fourth-order valence-electron chi connectivity index (χ4n) is 3.90. The van der Waals surface area contributed by atoms with E-state index in [0.29, 0.717) is 6.42 Å². The van der Waals surface area contributed by atoms with Crippen LogP contribution in [0.15, 0.2) is 12.2 Å². The second-order valence-corrected chi connectivity index (χ2v) is 9.28. The fourth-order valence-corrected chi connectivity index (χ4v) is 3.90. The summed E-state index contributed by atoms with van der Waals surface area (Å²) in [6, 6.07) is 0. The summed E-state index contributed by atoms with van der Waals surface area (Å²) in [5.74, 6) is -2.38. The van der Waals surface area contributed by atoms with E-state index >= 15 is 0 Å². The molecule has 0 radical (unpaired) electrons. The SMILES string of the molecule is CCCCCCC[C@@H]1C[C@@H]2OC(C)(C)O[C@@H]2/C=C/[C@@H](OC(=O)[C@@H](C)[C@H](C)O)CC(=O)O1. The second kappa shape index (κ2) is 12.0. The minimum Gasteiger partial charge on any atom is -0.462 e. The lowest BCUT2D eigenvalue weighted by Crippen LogP contribution is -2.34. The van der Waals surface area contributed by atoms with E-state index in [4.69, 9.17) is 18.9 Å². The van der Waals surface area contributed by atoms with E-state index in [1.54, 1.807) is 13.0 Å². The van der Waals surface area contributed by atoms with Crippen molar-refractivity contribution in [2.45, 2.75) is 122 Å². The van der Waals surface area contributed by atoms with E-state index in [0.717, 1.165) is 19.3 Å². The van der Waals surface area contributed by atoms with Crippen LogP contribution in [0.3, 0.4) is 0 Å². The first-order chi connectivity index (χ1) is 14.6. The Bertz CT molecular complexity index is 613. The largest absolute Gasteiger partial charge is 0.462 e. The molecule has 0 amide bonds. The monoisotopic (exact) mass is 440 g/mol.